The maximum atomic E-state index is 12.1. The van der Waals surface area contributed by atoms with Crippen LogP contribution in [0.25, 0.3) is 0 Å². The van der Waals surface area contributed by atoms with E-state index >= 15 is 0 Å². The minimum atomic E-state index is -3.41. The lowest BCUT2D eigenvalue weighted by molar-refractivity contribution is -0.129. The molecule has 0 heterocycles. The van der Waals surface area contributed by atoms with Crippen LogP contribution in [0.1, 0.15) is 25.5 Å². The molecule has 0 bridgehead atoms. The molecule has 0 saturated heterocycles. The predicted molar refractivity (Wildman–Crippen MR) is 86.1 cm³/mol. The van der Waals surface area contributed by atoms with Crippen molar-refractivity contribution in [3.8, 4) is 0 Å². The zero-order valence-corrected chi connectivity index (χ0v) is 14.0. The van der Waals surface area contributed by atoms with E-state index in [9.17, 15) is 13.2 Å². The minimum Gasteiger partial charge on any atom is -0.338 e. The quantitative estimate of drug-likeness (QED) is 0.754. The largest absolute Gasteiger partial charge is 0.338 e. The maximum Gasteiger partial charge on any atom is 0.238 e. The molecule has 21 heavy (non-hydrogen) atoms. The molecule has 0 aliphatic carbocycles. The van der Waals surface area contributed by atoms with E-state index < -0.39 is 21.5 Å². The van der Waals surface area contributed by atoms with Gasteiger partial charge >= 0.3 is 0 Å². The van der Waals surface area contributed by atoms with Gasteiger partial charge in [0.25, 0.3) is 0 Å². The highest BCUT2D eigenvalue weighted by molar-refractivity contribution is 7.92. The molecule has 1 aromatic carbocycles. The Labute approximate surface area is 131 Å². The number of allylic oxidation sites excluding steroid dienone is 1. The van der Waals surface area contributed by atoms with Crippen molar-refractivity contribution in [2.45, 2.75) is 19.9 Å². The lowest BCUT2D eigenvalue weighted by atomic mass is 10.1. The summed E-state index contributed by atoms with van der Waals surface area (Å²) in [6.07, 6.45) is 3.19. The normalized spacial score (nSPS) is 13.3. The molecule has 0 aliphatic rings. The summed E-state index contributed by atoms with van der Waals surface area (Å²) in [4.78, 5) is 13.5. The molecule has 1 amide bonds. The topological polar surface area (TPSA) is 54.5 Å². The summed E-state index contributed by atoms with van der Waals surface area (Å²) < 4.78 is 23.6. The van der Waals surface area contributed by atoms with E-state index in [-0.39, 0.29) is 11.8 Å². The summed E-state index contributed by atoms with van der Waals surface area (Å²) >= 11 is 5.83. The van der Waals surface area contributed by atoms with Crippen molar-refractivity contribution in [1.82, 2.24) is 4.90 Å². The van der Waals surface area contributed by atoms with Gasteiger partial charge in [0.05, 0.1) is 11.8 Å². The summed E-state index contributed by atoms with van der Waals surface area (Å²) in [6.45, 7) is 3.59. The molecule has 6 heteroatoms. The molecule has 4 nitrogen and oxygen atoms in total. The highest BCUT2D eigenvalue weighted by Crippen LogP contribution is 2.21. The number of sulfone groups is 1. The molecule has 0 fully saturated rings. The Kier molecular flexibility index (Phi) is 6.42. The number of carbonyl (C=O) groups is 1. The van der Waals surface area contributed by atoms with Gasteiger partial charge < -0.3 is 4.90 Å². The number of hydrogen-bond donors (Lipinski definition) is 0. The molecular weight excluding hydrogens is 310 g/mol. The number of benzene rings is 1. The number of halogens is 1. The van der Waals surface area contributed by atoms with Crippen LogP contribution >= 0.6 is 11.6 Å². The van der Waals surface area contributed by atoms with Gasteiger partial charge in [-0.15, -0.1) is 0 Å². The molecule has 1 rings (SSSR count). The predicted octanol–water partition coefficient (Wildman–Crippen LogP) is 2.85. The molecule has 0 N–H and O–H groups in total. The summed E-state index contributed by atoms with van der Waals surface area (Å²) in [5.74, 6) is -1.01. The van der Waals surface area contributed by atoms with Crippen molar-refractivity contribution in [1.29, 1.82) is 0 Å². The van der Waals surface area contributed by atoms with E-state index in [0.29, 0.717) is 5.02 Å². The molecule has 116 valence electrons. The zero-order chi connectivity index (χ0) is 16.0. The molecule has 0 spiro atoms. The van der Waals surface area contributed by atoms with Gasteiger partial charge in [-0.2, -0.15) is 0 Å². The highest BCUT2D eigenvalue weighted by atomic mass is 35.5. The van der Waals surface area contributed by atoms with Crippen LogP contribution < -0.4 is 0 Å². The molecule has 0 saturated carbocycles. The van der Waals surface area contributed by atoms with Crippen LogP contribution in [0.4, 0.5) is 0 Å². The van der Waals surface area contributed by atoms with E-state index in [2.05, 4.69) is 0 Å². The van der Waals surface area contributed by atoms with Crippen LogP contribution in [-0.4, -0.2) is 37.8 Å². The first kappa shape index (κ1) is 17.7. The summed E-state index contributed by atoms with van der Waals surface area (Å²) in [7, 11) is -1.81. The van der Waals surface area contributed by atoms with Gasteiger partial charge in [-0.1, -0.05) is 35.9 Å². The van der Waals surface area contributed by atoms with Gasteiger partial charge in [0.2, 0.25) is 5.91 Å². The minimum absolute atomic E-state index is 0.113. The highest BCUT2D eigenvalue weighted by Gasteiger charge is 2.22. The second-order valence-electron chi connectivity index (χ2n) is 4.86. The third-order valence-corrected chi connectivity index (χ3v) is 4.90. The number of amides is 1. The number of rotatable bonds is 6. The second kappa shape index (κ2) is 7.61. The van der Waals surface area contributed by atoms with Crippen molar-refractivity contribution in [2.24, 2.45) is 0 Å². The Morgan fingerprint density at radius 3 is 2.43 bits per heavy atom. The average molecular weight is 330 g/mol. The first-order valence-electron chi connectivity index (χ1n) is 6.59. The van der Waals surface area contributed by atoms with Crippen LogP contribution in [0.3, 0.4) is 0 Å². The Hall–Kier alpha value is -1.33. The lowest BCUT2D eigenvalue weighted by Crippen LogP contribution is -2.35. The van der Waals surface area contributed by atoms with Crippen molar-refractivity contribution >= 4 is 27.3 Å². The number of hydrogen-bond acceptors (Lipinski definition) is 3. The molecule has 1 atom stereocenters. The monoisotopic (exact) mass is 329 g/mol. The Morgan fingerprint density at radius 1 is 1.33 bits per heavy atom. The van der Waals surface area contributed by atoms with Crippen LogP contribution in [0, 0.1) is 0 Å². The Morgan fingerprint density at radius 2 is 1.90 bits per heavy atom. The van der Waals surface area contributed by atoms with Gasteiger partial charge in [0.1, 0.15) is 5.75 Å². The van der Waals surface area contributed by atoms with Gasteiger partial charge in [-0.3, -0.25) is 4.79 Å². The van der Waals surface area contributed by atoms with Gasteiger partial charge in [0, 0.05) is 12.1 Å². The molecular formula is C15H20ClNO3S. The lowest BCUT2D eigenvalue weighted by Gasteiger charge is -2.25. The fourth-order valence-corrected chi connectivity index (χ4v) is 3.08. The Balaban J connectivity index is 2.76. The van der Waals surface area contributed by atoms with Gasteiger partial charge in [-0.25, -0.2) is 8.42 Å². The Bertz CT molecular complexity index is 608. The van der Waals surface area contributed by atoms with E-state index in [1.807, 2.05) is 19.1 Å². The first-order valence-corrected chi connectivity index (χ1v) is 8.79. The maximum absolute atomic E-state index is 12.1. The van der Waals surface area contributed by atoms with Gasteiger partial charge in [-0.05, 0) is 31.5 Å². The van der Waals surface area contributed by atoms with Crippen LogP contribution in [0.5, 0.6) is 0 Å². The van der Waals surface area contributed by atoms with Crippen molar-refractivity contribution in [3.63, 3.8) is 0 Å². The average Bonchev–Trinajstić information content (AvgIpc) is 2.44. The van der Waals surface area contributed by atoms with Gasteiger partial charge in [0.15, 0.2) is 9.84 Å². The fraction of sp³-hybridized carbons (Fsp3) is 0.400. The number of carbonyl (C=O) groups excluding carboxylic acids is 1. The molecule has 0 aromatic heterocycles. The third-order valence-electron chi connectivity index (χ3n) is 3.26. The van der Waals surface area contributed by atoms with Crippen molar-refractivity contribution in [3.05, 3.63) is 47.0 Å². The zero-order valence-electron chi connectivity index (χ0n) is 12.4. The van der Waals surface area contributed by atoms with Crippen LogP contribution in [0.15, 0.2) is 36.4 Å². The molecule has 1 aromatic rings. The summed E-state index contributed by atoms with van der Waals surface area (Å²) in [5.41, 5.74) is 0.904. The van der Waals surface area contributed by atoms with E-state index in [1.54, 1.807) is 32.2 Å². The molecule has 0 aliphatic heterocycles. The van der Waals surface area contributed by atoms with Crippen LogP contribution in [-0.2, 0) is 14.6 Å². The summed E-state index contributed by atoms with van der Waals surface area (Å²) in [5, 5.41) is 0.619. The standard InChI is InChI=1S/C15H20ClNO3S/c1-4-5-10-21(19,20)11-15(18)17(3)12(2)13-6-8-14(16)9-7-13/h4-9,12H,10-11H2,1-3H3/b5-4+/t12-/m1/s1. The van der Waals surface area contributed by atoms with Crippen molar-refractivity contribution < 1.29 is 13.2 Å². The van der Waals surface area contributed by atoms with E-state index in [4.69, 9.17) is 11.6 Å². The van der Waals surface area contributed by atoms with E-state index in [1.165, 1.54) is 11.0 Å². The summed E-state index contributed by atoms with van der Waals surface area (Å²) in [6, 6.07) is 6.92. The fourth-order valence-electron chi connectivity index (χ4n) is 1.77. The first-order chi connectivity index (χ1) is 9.76. The SMILES string of the molecule is C/C=C/CS(=O)(=O)CC(=O)N(C)[C@H](C)c1ccc(Cl)cc1. The van der Waals surface area contributed by atoms with Crippen LogP contribution in [0.2, 0.25) is 5.02 Å². The number of nitrogens with zero attached hydrogens (tertiary/aromatic N) is 1. The van der Waals surface area contributed by atoms with Crippen molar-refractivity contribution in [2.75, 3.05) is 18.6 Å². The second-order valence-corrected chi connectivity index (χ2v) is 7.40. The molecule has 0 unspecified atom stereocenters. The third kappa shape index (κ3) is 5.52. The van der Waals surface area contributed by atoms with E-state index in [0.717, 1.165) is 5.56 Å². The molecule has 0 radical (unpaired) electrons. The smallest absolute Gasteiger partial charge is 0.238 e.